The van der Waals surface area contributed by atoms with Crippen molar-refractivity contribution in [1.82, 2.24) is 0 Å². The van der Waals surface area contributed by atoms with Gasteiger partial charge in [0.15, 0.2) is 16.4 Å². The maximum atomic E-state index is 11.6. The molecular weight excluding hydrogens is 280 g/mol. The summed E-state index contributed by atoms with van der Waals surface area (Å²) in [5, 5.41) is 0. The molecule has 0 bridgehead atoms. The summed E-state index contributed by atoms with van der Waals surface area (Å²) in [5.74, 6) is 0.0682. The third-order valence-corrected chi connectivity index (χ3v) is 4.91. The normalized spacial score (nSPS) is 20.6. The first-order valence-electron chi connectivity index (χ1n) is 6.60. The molecule has 6 heteroatoms. The van der Waals surface area contributed by atoms with Gasteiger partial charge in [-0.05, 0) is 30.5 Å². The smallest absolute Gasteiger partial charge is 0.344 e. The lowest BCUT2D eigenvalue weighted by Crippen LogP contribution is -2.23. The van der Waals surface area contributed by atoms with Crippen LogP contribution in [0.5, 0.6) is 5.75 Å². The van der Waals surface area contributed by atoms with Gasteiger partial charge in [0.1, 0.15) is 11.9 Å². The van der Waals surface area contributed by atoms with Crippen LogP contribution in [0.15, 0.2) is 24.3 Å². The molecule has 0 aromatic heterocycles. The number of hydrogen-bond donors (Lipinski definition) is 0. The molecule has 1 aliphatic heterocycles. The van der Waals surface area contributed by atoms with E-state index in [1.54, 1.807) is 12.1 Å². The highest BCUT2D eigenvalue weighted by Crippen LogP contribution is 2.16. The van der Waals surface area contributed by atoms with E-state index in [1.807, 2.05) is 12.1 Å². The maximum absolute atomic E-state index is 11.6. The molecule has 1 atom stereocenters. The van der Waals surface area contributed by atoms with Crippen LogP contribution in [0.25, 0.3) is 0 Å². The number of carbonyl (C=O) groups is 1. The SMILES string of the molecule is CCc1ccc(OCC(=O)O[C@H]2CCS(=O)(=O)C2)cc1. The number of sulfone groups is 1. The minimum absolute atomic E-state index is 0.0794. The van der Waals surface area contributed by atoms with Crippen molar-refractivity contribution in [3.8, 4) is 5.75 Å². The second-order valence-corrected chi connectivity index (χ2v) is 7.03. The average Bonchev–Trinajstić information content (AvgIpc) is 2.76. The van der Waals surface area contributed by atoms with Gasteiger partial charge in [0.25, 0.3) is 0 Å². The molecule has 1 aromatic carbocycles. The molecule has 1 aromatic rings. The molecule has 110 valence electrons. The molecule has 1 aliphatic rings. The first-order chi connectivity index (χ1) is 9.48. The molecule has 0 unspecified atom stereocenters. The van der Waals surface area contributed by atoms with Crippen LogP contribution in [-0.2, 0) is 25.8 Å². The predicted octanol–water partition coefficient (Wildman–Crippen LogP) is 1.36. The molecule has 0 saturated carbocycles. The Labute approximate surface area is 118 Å². The van der Waals surface area contributed by atoms with Gasteiger partial charge in [-0.3, -0.25) is 0 Å². The molecule has 0 radical (unpaired) electrons. The van der Waals surface area contributed by atoms with E-state index >= 15 is 0 Å². The Morgan fingerprint density at radius 2 is 2.00 bits per heavy atom. The number of hydrogen-bond acceptors (Lipinski definition) is 5. The predicted molar refractivity (Wildman–Crippen MR) is 74.5 cm³/mol. The van der Waals surface area contributed by atoms with Crippen LogP contribution in [0.3, 0.4) is 0 Å². The lowest BCUT2D eigenvalue weighted by Gasteiger charge is -2.11. The highest BCUT2D eigenvalue weighted by molar-refractivity contribution is 7.91. The minimum Gasteiger partial charge on any atom is -0.482 e. The van der Waals surface area contributed by atoms with E-state index in [-0.39, 0.29) is 18.1 Å². The second kappa shape index (κ2) is 6.26. The lowest BCUT2D eigenvalue weighted by molar-refractivity contribution is -0.150. The maximum Gasteiger partial charge on any atom is 0.344 e. The van der Waals surface area contributed by atoms with E-state index in [0.717, 1.165) is 6.42 Å². The van der Waals surface area contributed by atoms with Crippen LogP contribution in [0.4, 0.5) is 0 Å². The molecule has 1 heterocycles. The highest BCUT2D eigenvalue weighted by atomic mass is 32.2. The van der Waals surface area contributed by atoms with E-state index in [4.69, 9.17) is 9.47 Å². The summed E-state index contributed by atoms with van der Waals surface area (Å²) in [7, 11) is -3.03. The zero-order valence-electron chi connectivity index (χ0n) is 11.4. The van der Waals surface area contributed by atoms with Gasteiger partial charge in [0, 0.05) is 0 Å². The molecule has 1 fully saturated rings. The monoisotopic (exact) mass is 298 g/mol. The van der Waals surface area contributed by atoms with E-state index in [9.17, 15) is 13.2 Å². The van der Waals surface area contributed by atoms with Crippen LogP contribution in [0, 0.1) is 0 Å². The van der Waals surface area contributed by atoms with Crippen molar-refractivity contribution >= 4 is 15.8 Å². The van der Waals surface area contributed by atoms with Crippen LogP contribution in [0.2, 0.25) is 0 Å². The van der Waals surface area contributed by atoms with Gasteiger partial charge in [-0.25, -0.2) is 13.2 Å². The Bertz CT molecular complexity index is 562. The quantitative estimate of drug-likeness (QED) is 0.768. The first-order valence-corrected chi connectivity index (χ1v) is 8.42. The third kappa shape index (κ3) is 4.23. The fourth-order valence-corrected chi connectivity index (χ4v) is 3.63. The summed E-state index contributed by atoms with van der Waals surface area (Å²) in [4.78, 5) is 11.6. The zero-order valence-corrected chi connectivity index (χ0v) is 12.2. The van der Waals surface area contributed by atoms with Crippen LogP contribution in [-0.4, -0.2) is 38.6 Å². The molecule has 0 N–H and O–H groups in total. The van der Waals surface area contributed by atoms with E-state index in [2.05, 4.69) is 6.92 Å². The van der Waals surface area contributed by atoms with Gasteiger partial charge in [-0.1, -0.05) is 19.1 Å². The summed E-state index contributed by atoms with van der Waals surface area (Å²) < 4.78 is 32.9. The number of rotatable bonds is 5. The van der Waals surface area contributed by atoms with Crippen LogP contribution >= 0.6 is 0 Å². The third-order valence-electron chi connectivity index (χ3n) is 3.18. The molecule has 2 rings (SSSR count). The van der Waals surface area contributed by atoms with Crippen LogP contribution in [0.1, 0.15) is 18.9 Å². The zero-order chi connectivity index (χ0) is 14.6. The van der Waals surface area contributed by atoms with Crippen molar-refractivity contribution in [2.45, 2.75) is 25.9 Å². The topological polar surface area (TPSA) is 69.7 Å². The number of carbonyl (C=O) groups excluding carboxylic acids is 1. The average molecular weight is 298 g/mol. The van der Waals surface area contributed by atoms with Crippen molar-refractivity contribution in [3.05, 3.63) is 29.8 Å². The largest absolute Gasteiger partial charge is 0.482 e. The van der Waals surface area contributed by atoms with E-state index < -0.39 is 21.9 Å². The van der Waals surface area contributed by atoms with Gasteiger partial charge in [-0.2, -0.15) is 0 Å². The second-order valence-electron chi connectivity index (χ2n) is 4.80. The molecule has 20 heavy (non-hydrogen) atoms. The fraction of sp³-hybridized carbons (Fsp3) is 0.500. The molecule has 5 nitrogen and oxygen atoms in total. The van der Waals surface area contributed by atoms with Crippen LogP contribution < -0.4 is 4.74 Å². The Kier molecular flexibility index (Phi) is 4.65. The van der Waals surface area contributed by atoms with Crippen molar-refractivity contribution in [2.24, 2.45) is 0 Å². The molecule has 1 saturated heterocycles. The van der Waals surface area contributed by atoms with Gasteiger partial charge < -0.3 is 9.47 Å². The van der Waals surface area contributed by atoms with Crippen molar-refractivity contribution in [2.75, 3.05) is 18.1 Å². The van der Waals surface area contributed by atoms with E-state index in [1.165, 1.54) is 5.56 Å². The van der Waals surface area contributed by atoms with Gasteiger partial charge in [0.05, 0.1) is 11.5 Å². The molecule has 0 aliphatic carbocycles. The number of esters is 1. The molecule has 0 spiro atoms. The summed E-state index contributed by atoms with van der Waals surface area (Å²) in [6, 6.07) is 7.46. The Balaban J connectivity index is 1.77. The standard InChI is InChI=1S/C14H18O5S/c1-2-11-3-5-12(6-4-11)18-9-14(15)19-13-7-8-20(16,17)10-13/h3-6,13H,2,7-10H2,1H3/t13-/m0/s1. The summed E-state index contributed by atoms with van der Waals surface area (Å²) >= 11 is 0. The molecular formula is C14H18O5S. The Morgan fingerprint density at radius 3 is 2.55 bits per heavy atom. The minimum atomic E-state index is -3.03. The van der Waals surface area contributed by atoms with E-state index in [0.29, 0.717) is 12.2 Å². The fourth-order valence-electron chi connectivity index (χ4n) is 2.04. The molecule has 0 amide bonds. The van der Waals surface area contributed by atoms with Gasteiger partial charge in [-0.15, -0.1) is 0 Å². The summed E-state index contributed by atoms with van der Waals surface area (Å²) in [6.07, 6.45) is 0.788. The first kappa shape index (κ1) is 14.8. The van der Waals surface area contributed by atoms with Gasteiger partial charge >= 0.3 is 5.97 Å². The number of aryl methyl sites for hydroxylation is 1. The summed E-state index contributed by atoms with van der Waals surface area (Å²) in [6.45, 7) is 1.85. The van der Waals surface area contributed by atoms with Crippen molar-refractivity contribution < 1.29 is 22.7 Å². The number of benzene rings is 1. The highest BCUT2D eigenvalue weighted by Gasteiger charge is 2.30. The van der Waals surface area contributed by atoms with Crippen molar-refractivity contribution in [1.29, 1.82) is 0 Å². The number of ether oxygens (including phenoxy) is 2. The van der Waals surface area contributed by atoms with Gasteiger partial charge in [0.2, 0.25) is 0 Å². The Morgan fingerprint density at radius 1 is 1.30 bits per heavy atom. The summed E-state index contributed by atoms with van der Waals surface area (Å²) in [5.41, 5.74) is 1.19. The Hall–Kier alpha value is -1.56. The lowest BCUT2D eigenvalue weighted by atomic mass is 10.2. The van der Waals surface area contributed by atoms with Crippen molar-refractivity contribution in [3.63, 3.8) is 0 Å².